The predicted octanol–water partition coefficient (Wildman–Crippen LogP) is 4.42. The molecule has 1 aliphatic rings. The summed E-state index contributed by atoms with van der Waals surface area (Å²) in [6.45, 7) is 4.86. The number of pyridine rings is 1. The van der Waals surface area contributed by atoms with E-state index in [1.165, 1.54) is 10.8 Å². The highest BCUT2D eigenvalue weighted by atomic mass is 16.5. The number of hydrogen-bond donors (Lipinski definition) is 2. The fourth-order valence-corrected chi connectivity index (χ4v) is 5.33. The molecule has 2 aromatic carbocycles. The van der Waals surface area contributed by atoms with Crippen LogP contribution in [0, 0.1) is 13.8 Å². The van der Waals surface area contributed by atoms with E-state index in [9.17, 15) is 14.4 Å². The Hall–Kier alpha value is -4.96. The third-order valence-electron chi connectivity index (χ3n) is 7.40. The number of carbonyl (C=O) groups is 2. The monoisotopic (exact) mass is 551 g/mol. The smallest absolute Gasteiger partial charge is 0.290 e. The van der Waals surface area contributed by atoms with Crippen LogP contribution in [-0.2, 0) is 18.3 Å². The van der Waals surface area contributed by atoms with E-state index in [1.54, 1.807) is 32.2 Å². The van der Waals surface area contributed by atoms with E-state index < -0.39 is 11.8 Å². The highest BCUT2D eigenvalue weighted by molar-refractivity contribution is 6.12. The molecular formula is C31H29N5O5. The first-order valence-corrected chi connectivity index (χ1v) is 13.3. The Bertz CT molecular complexity index is 1880. The number of ether oxygens (including phenoxy) is 1. The van der Waals surface area contributed by atoms with Gasteiger partial charge >= 0.3 is 0 Å². The molecule has 1 unspecified atom stereocenters. The molecule has 1 fully saturated rings. The van der Waals surface area contributed by atoms with Gasteiger partial charge in [0.2, 0.25) is 5.91 Å². The molecule has 0 spiro atoms. The van der Waals surface area contributed by atoms with Gasteiger partial charge in [0.05, 0.1) is 17.2 Å². The summed E-state index contributed by atoms with van der Waals surface area (Å²) < 4.78 is 14.5. The zero-order chi connectivity index (χ0) is 28.8. The largest absolute Gasteiger partial charge is 0.381 e. The van der Waals surface area contributed by atoms with Crippen LogP contribution in [0.2, 0.25) is 0 Å². The summed E-state index contributed by atoms with van der Waals surface area (Å²) in [7, 11) is 1.59. The molecule has 4 heterocycles. The predicted molar refractivity (Wildman–Crippen MR) is 155 cm³/mol. The highest BCUT2D eigenvalue weighted by Gasteiger charge is 2.25. The Morgan fingerprint density at radius 2 is 1.80 bits per heavy atom. The van der Waals surface area contributed by atoms with Crippen molar-refractivity contribution < 1.29 is 18.8 Å². The van der Waals surface area contributed by atoms with Crippen molar-refractivity contribution in [2.24, 2.45) is 12.8 Å². The van der Waals surface area contributed by atoms with E-state index in [4.69, 9.17) is 15.0 Å². The van der Waals surface area contributed by atoms with Crippen LogP contribution < -0.4 is 16.6 Å². The third-order valence-corrected chi connectivity index (χ3v) is 7.40. The van der Waals surface area contributed by atoms with Crippen molar-refractivity contribution in [1.82, 2.24) is 14.3 Å². The van der Waals surface area contributed by atoms with Gasteiger partial charge in [-0.15, -0.1) is 0 Å². The van der Waals surface area contributed by atoms with Gasteiger partial charge in [0, 0.05) is 48.2 Å². The molecule has 41 heavy (non-hydrogen) atoms. The second-order valence-corrected chi connectivity index (χ2v) is 10.3. The molecule has 2 amide bonds. The van der Waals surface area contributed by atoms with Gasteiger partial charge in [0.25, 0.3) is 11.5 Å². The lowest BCUT2D eigenvalue weighted by molar-refractivity contribution is -0.0584. The molecule has 6 rings (SSSR count). The van der Waals surface area contributed by atoms with Crippen LogP contribution in [0.25, 0.3) is 33.3 Å². The van der Waals surface area contributed by atoms with Gasteiger partial charge in [-0.2, -0.15) is 4.74 Å². The number of primary amides is 1. The average molecular weight is 552 g/mol. The number of anilines is 1. The van der Waals surface area contributed by atoms with Gasteiger partial charge in [-0.3, -0.25) is 14.4 Å². The quantitative estimate of drug-likeness (QED) is 0.308. The summed E-state index contributed by atoms with van der Waals surface area (Å²) in [6, 6.07) is 18.2. The Balaban J connectivity index is 1.44. The first-order chi connectivity index (χ1) is 19.7. The normalized spacial score (nSPS) is 14.7. The standard InChI is InChI=1S/C31H29N5O5/c1-17-13-22-15-25(19-7-9-20(10-8-19)26-18(2)41-35(3)31(26)39)36(16-24-11-12-40-24)28(22)27(33-17)30(38)34-23-6-4-5-21(14-23)29(32)37/h4-10,13-15,24H,11-12,16H2,1-3H3,(H2,32,37)(H,34,38). The number of hydrogen-bond acceptors (Lipinski definition) is 6. The molecule has 208 valence electrons. The molecule has 3 aromatic heterocycles. The number of rotatable bonds is 7. The lowest BCUT2D eigenvalue weighted by Gasteiger charge is -2.28. The Morgan fingerprint density at radius 1 is 1.07 bits per heavy atom. The van der Waals surface area contributed by atoms with E-state index in [2.05, 4.69) is 14.9 Å². The summed E-state index contributed by atoms with van der Waals surface area (Å²) in [6.07, 6.45) is 0.937. The summed E-state index contributed by atoms with van der Waals surface area (Å²) in [5.74, 6) is -0.423. The summed E-state index contributed by atoms with van der Waals surface area (Å²) in [4.78, 5) is 42.5. The SMILES string of the molecule is Cc1cc2cc(-c3ccc(-c4c(C)on(C)c4=O)cc3)n(CC3CCO3)c2c(C(=O)Nc2cccc(C(N)=O)c2)n1. The van der Waals surface area contributed by atoms with E-state index in [-0.39, 0.29) is 17.4 Å². The number of nitrogens with two attached hydrogens (primary N) is 1. The summed E-state index contributed by atoms with van der Waals surface area (Å²) in [5.41, 5.74) is 10.7. The van der Waals surface area contributed by atoms with Crippen molar-refractivity contribution in [3.05, 3.63) is 93.7 Å². The summed E-state index contributed by atoms with van der Waals surface area (Å²) in [5, 5.41) is 3.74. The minimum atomic E-state index is -0.578. The third kappa shape index (κ3) is 4.82. The summed E-state index contributed by atoms with van der Waals surface area (Å²) >= 11 is 0. The number of aromatic nitrogens is 3. The van der Waals surface area contributed by atoms with Gasteiger partial charge in [0.1, 0.15) is 5.76 Å². The molecule has 0 bridgehead atoms. The Labute approximate surface area is 235 Å². The number of benzene rings is 2. The maximum atomic E-state index is 13.6. The van der Waals surface area contributed by atoms with Gasteiger partial charge < -0.3 is 24.9 Å². The van der Waals surface area contributed by atoms with Gasteiger partial charge in [-0.1, -0.05) is 30.3 Å². The van der Waals surface area contributed by atoms with Crippen LogP contribution >= 0.6 is 0 Å². The number of carbonyl (C=O) groups excluding carboxylic acids is 2. The molecule has 0 aliphatic carbocycles. The fourth-order valence-electron chi connectivity index (χ4n) is 5.33. The van der Waals surface area contributed by atoms with Crippen molar-refractivity contribution in [1.29, 1.82) is 0 Å². The molecule has 1 aliphatic heterocycles. The maximum absolute atomic E-state index is 13.6. The fraction of sp³-hybridized carbons (Fsp3) is 0.226. The Kier molecular flexibility index (Phi) is 6.55. The number of nitrogens with one attached hydrogen (secondary N) is 1. The number of amides is 2. The van der Waals surface area contributed by atoms with E-state index in [1.807, 2.05) is 43.3 Å². The maximum Gasteiger partial charge on any atom is 0.290 e. The lowest BCUT2D eigenvalue weighted by atomic mass is 10.0. The molecule has 5 aromatic rings. The van der Waals surface area contributed by atoms with Gasteiger partial charge in [-0.05, 0) is 61.7 Å². The molecule has 3 N–H and O–H groups in total. The first kappa shape index (κ1) is 26.3. The van der Waals surface area contributed by atoms with Crippen LogP contribution in [0.5, 0.6) is 0 Å². The molecule has 1 atom stereocenters. The van der Waals surface area contributed by atoms with Gasteiger partial charge in [-0.25, -0.2) is 4.98 Å². The number of aryl methyl sites for hydroxylation is 3. The molecule has 0 radical (unpaired) electrons. The number of fused-ring (bicyclic) bond motifs is 1. The van der Waals surface area contributed by atoms with Crippen molar-refractivity contribution in [2.45, 2.75) is 32.9 Å². The molecule has 10 nitrogen and oxygen atoms in total. The minimum Gasteiger partial charge on any atom is -0.381 e. The van der Waals surface area contributed by atoms with Crippen molar-refractivity contribution >= 4 is 28.4 Å². The topological polar surface area (TPSA) is 134 Å². The van der Waals surface area contributed by atoms with Gasteiger partial charge in [0.15, 0.2) is 5.69 Å². The minimum absolute atomic E-state index is 0.0182. The number of nitrogens with zero attached hydrogens (tertiary/aromatic N) is 3. The second-order valence-electron chi connectivity index (χ2n) is 10.3. The molecular weight excluding hydrogens is 522 g/mol. The molecule has 0 saturated carbocycles. The van der Waals surface area contributed by atoms with E-state index in [0.29, 0.717) is 46.9 Å². The average Bonchev–Trinajstić information content (AvgIpc) is 3.40. The van der Waals surface area contributed by atoms with Crippen LogP contribution in [0.3, 0.4) is 0 Å². The zero-order valence-corrected chi connectivity index (χ0v) is 22.9. The van der Waals surface area contributed by atoms with Crippen LogP contribution in [0.15, 0.2) is 70.0 Å². The van der Waals surface area contributed by atoms with Crippen LogP contribution in [0.4, 0.5) is 5.69 Å². The van der Waals surface area contributed by atoms with Crippen LogP contribution in [0.1, 0.15) is 38.7 Å². The molecule has 1 saturated heterocycles. The highest BCUT2D eigenvalue weighted by Crippen LogP contribution is 2.34. The van der Waals surface area contributed by atoms with Crippen molar-refractivity contribution in [3.63, 3.8) is 0 Å². The van der Waals surface area contributed by atoms with Crippen molar-refractivity contribution in [2.75, 3.05) is 11.9 Å². The Morgan fingerprint density at radius 3 is 2.44 bits per heavy atom. The first-order valence-electron chi connectivity index (χ1n) is 13.3. The van der Waals surface area contributed by atoms with Crippen molar-refractivity contribution in [3.8, 4) is 22.4 Å². The second kappa shape index (κ2) is 10.2. The van der Waals surface area contributed by atoms with Crippen LogP contribution in [-0.4, -0.2) is 38.8 Å². The lowest BCUT2D eigenvalue weighted by Crippen LogP contribution is -2.31. The molecule has 10 heteroatoms. The zero-order valence-electron chi connectivity index (χ0n) is 22.9. The van der Waals surface area contributed by atoms with E-state index in [0.717, 1.165) is 28.6 Å². The van der Waals surface area contributed by atoms with E-state index >= 15 is 0 Å².